The van der Waals surface area contributed by atoms with Gasteiger partial charge in [0.2, 0.25) is 0 Å². The molecule has 8 heterocycles. The van der Waals surface area contributed by atoms with Gasteiger partial charge in [-0.2, -0.15) is 0 Å². The Balaban J connectivity index is 0.000000143. The monoisotopic (exact) mass is 1580 g/mol. The lowest BCUT2D eigenvalue weighted by molar-refractivity contribution is 1.07. The molecule has 23 rings (SSSR count). The quantitative estimate of drug-likeness (QED) is 0.110. The lowest BCUT2D eigenvalue weighted by Crippen LogP contribution is -2.00. The zero-order chi connectivity index (χ0) is 78.0. The van der Waals surface area contributed by atoms with E-state index in [-0.39, 0.29) is 0 Å². The summed E-state index contributed by atoms with van der Waals surface area (Å²) in [5.74, 6) is 5.34. The van der Waals surface area contributed by atoms with Crippen molar-refractivity contribution in [2.24, 2.45) is 0 Å². The summed E-state index contributed by atoms with van der Waals surface area (Å²) in [6.45, 7) is 0. The lowest BCUT2D eigenvalue weighted by atomic mass is 9.97. The minimum Gasteiger partial charge on any atom is -0.226 e. The largest absolute Gasteiger partial charge is 0.226 e. The van der Waals surface area contributed by atoms with Gasteiger partial charge in [-0.15, -0.1) is 45.3 Å². The second kappa shape index (κ2) is 30.0. The molecule has 0 saturated carbocycles. The summed E-state index contributed by atoms with van der Waals surface area (Å²) in [7, 11) is 0. The number of benzene rings is 15. The second-order valence-corrected chi connectivity index (χ2v) is 33.0. The predicted octanol–water partition coefficient (Wildman–Crippen LogP) is 28.5. The number of thiophene rings is 4. The van der Waals surface area contributed by atoms with Crippen molar-refractivity contribution in [2.45, 2.75) is 0 Å². The van der Waals surface area contributed by atoms with E-state index in [1.165, 1.54) is 55.5 Å². The maximum absolute atomic E-state index is 5.33. The highest BCUT2D eigenvalue weighted by atomic mass is 32.1. The molecule has 0 unspecified atom stereocenters. The Bertz CT molecular complexity index is 7660. The minimum absolute atomic E-state index is 0.639. The summed E-state index contributed by atoms with van der Waals surface area (Å²) in [4.78, 5) is 51.0. The maximum atomic E-state index is 5.33. The molecule has 23 aromatic rings. The van der Waals surface area contributed by atoms with Gasteiger partial charge < -0.3 is 0 Å². The van der Waals surface area contributed by atoms with Crippen LogP contribution in [0.4, 0.5) is 0 Å². The van der Waals surface area contributed by atoms with Crippen LogP contribution in [0.15, 0.2) is 376 Å². The fraction of sp³-hybridized carbons (Fsp3) is 0. The van der Waals surface area contributed by atoms with Gasteiger partial charge in [0.15, 0.2) is 46.6 Å². The molecule has 0 N–H and O–H groups in total. The minimum atomic E-state index is 0.639. The molecular weight excluding hydrogens is 1520 g/mol. The zero-order valence-electron chi connectivity index (χ0n) is 62.9. The molecule has 0 aliphatic carbocycles. The predicted molar refractivity (Wildman–Crippen MR) is 493 cm³/mol. The van der Waals surface area contributed by atoms with Crippen LogP contribution < -0.4 is 0 Å². The third-order valence-corrected chi connectivity index (χ3v) is 26.3. The first-order valence-corrected chi connectivity index (χ1v) is 42.2. The molecule has 118 heavy (non-hydrogen) atoms. The fourth-order valence-corrected chi connectivity index (χ4v) is 20.7. The van der Waals surface area contributed by atoms with Gasteiger partial charge in [0.1, 0.15) is 0 Å². The summed E-state index contributed by atoms with van der Waals surface area (Å²) in [6, 6.07) is 131. The third kappa shape index (κ3) is 12.9. The van der Waals surface area contributed by atoms with Crippen LogP contribution in [-0.2, 0) is 0 Å². The van der Waals surface area contributed by atoms with Gasteiger partial charge in [-0.05, 0) is 63.7 Å². The highest BCUT2D eigenvalue weighted by Crippen LogP contribution is 2.49. The van der Waals surface area contributed by atoms with Crippen LogP contribution in [0.1, 0.15) is 0 Å². The highest BCUT2D eigenvalue weighted by molar-refractivity contribution is 7.28. The number of nitrogens with zero attached hydrogens (tertiary/aromatic N) is 10. The molecule has 8 aromatic heterocycles. The van der Waals surface area contributed by atoms with E-state index in [0.717, 1.165) is 132 Å². The average Bonchev–Trinajstić information content (AvgIpc) is 1.57. The first-order chi connectivity index (χ1) is 58.5. The van der Waals surface area contributed by atoms with Crippen molar-refractivity contribution in [3.8, 4) is 147 Å². The number of aromatic nitrogens is 10. The highest BCUT2D eigenvalue weighted by Gasteiger charge is 2.25. The van der Waals surface area contributed by atoms with Crippen LogP contribution in [0.2, 0.25) is 0 Å². The summed E-state index contributed by atoms with van der Waals surface area (Å²) in [5, 5.41) is 7.09. The Morgan fingerprint density at radius 1 is 0.153 bits per heavy atom. The summed E-state index contributed by atoms with van der Waals surface area (Å²) in [6.07, 6.45) is 0. The molecule has 0 bridgehead atoms. The molecule has 14 heteroatoms. The lowest BCUT2D eigenvalue weighted by Gasteiger charge is -2.10. The molecule has 0 amide bonds. The van der Waals surface area contributed by atoms with Crippen molar-refractivity contribution in [3.05, 3.63) is 376 Å². The van der Waals surface area contributed by atoms with Crippen LogP contribution in [0.5, 0.6) is 0 Å². The Morgan fingerprint density at radius 2 is 0.449 bits per heavy atom. The van der Waals surface area contributed by atoms with Gasteiger partial charge in [0.05, 0.1) is 31.8 Å². The van der Waals surface area contributed by atoms with Gasteiger partial charge in [0.25, 0.3) is 0 Å². The molecule has 15 aromatic carbocycles. The van der Waals surface area contributed by atoms with Crippen LogP contribution in [0.3, 0.4) is 0 Å². The molecule has 552 valence electrons. The standard InChI is InChI=1S/C55H33N5S2.C49H29N5S2/c1-4-15-34(16-5-1)39-21-12-22-40(33-39)54-56-48(51-49(57-54)42-23-10-11-27-45(42)61-51)36-31-29-35(30-32-36)41-24-13-25-43-47-44(26-14-28-46(47)62-50(41)43)55-59-52(37-17-6-2-7-18-37)58-53(60-55)38-19-8-3-9-20-38;1-4-14-31(15-5-1)46-50-42-36-20-10-11-24-39(36)55-45(42)43(51-46)38-23-12-22-37-41-35(21-13-25-40(41)56-44(37)38)30-26-28-34(29-27-30)49-53-47(32-16-6-2-7-17-32)52-48(54-49)33-18-8-3-9-19-33/h1-33H;1-29H. The van der Waals surface area contributed by atoms with E-state index in [1.54, 1.807) is 34.0 Å². The average molecular weight is 1580 g/mol. The molecule has 0 radical (unpaired) electrons. The topological polar surface area (TPSA) is 129 Å². The van der Waals surface area contributed by atoms with Crippen molar-refractivity contribution in [2.75, 3.05) is 0 Å². The number of fused-ring (bicyclic) bond motifs is 12. The number of hydrogen-bond donors (Lipinski definition) is 0. The first kappa shape index (κ1) is 70.0. The first-order valence-electron chi connectivity index (χ1n) is 38.9. The van der Waals surface area contributed by atoms with E-state index < -0.39 is 0 Å². The van der Waals surface area contributed by atoms with Gasteiger partial charge in [0, 0.05) is 116 Å². The SMILES string of the molecule is c1ccc(-c2cccc(-c3nc(-c4ccc(-c5cccc6c5sc5cccc(-c7nc(-c8ccccc8)nc(-c8ccccc8)n7)c56)cc4)c4sc5ccccc5c4n3)c2)cc1.c1ccc(-c2nc(-c3ccccc3)nc(-c3ccc(-c4cccc5sc6c(-c7nc(-c8ccccc8)nc8c7sc7ccccc78)cccc6c45)cc3)n2)cc1. The normalized spacial score (nSPS) is 11.6. The Hall–Kier alpha value is -14.6. The van der Waals surface area contributed by atoms with Crippen molar-refractivity contribution in [1.29, 1.82) is 0 Å². The molecule has 0 aliphatic rings. The van der Waals surface area contributed by atoms with Gasteiger partial charge >= 0.3 is 0 Å². The van der Waals surface area contributed by atoms with Crippen molar-refractivity contribution in [3.63, 3.8) is 0 Å². The van der Waals surface area contributed by atoms with E-state index in [4.69, 9.17) is 49.8 Å². The molecule has 0 fully saturated rings. The fourth-order valence-electron chi connectivity index (χ4n) is 15.9. The molecule has 10 nitrogen and oxygen atoms in total. The van der Waals surface area contributed by atoms with Gasteiger partial charge in [-0.1, -0.05) is 346 Å². The molecule has 0 spiro atoms. The third-order valence-electron chi connectivity index (χ3n) is 21.6. The van der Waals surface area contributed by atoms with E-state index in [2.05, 4.69) is 231 Å². The summed E-state index contributed by atoms with van der Waals surface area (Å²) >= 11 is 7.15. The second-order valence-electron chi connectivity index (χ2n) is 28.8. The van der Waals surface area contributed by atoms with E-state index in [1.807, 2.05) is 157 Å². The Morgan fingerprint density at radius 3 is 0.949 bits per heavy atom. The summed E-state index contributed by atoms with van der Waals surface area (Å²) < 4.78 is 9.46. The molecule has 0 atom stereocenters. The smallest absolute Gasteiger partial charge is 0.164 e. The molecule has 0 saturated heterocycles. The van der Waals surface area contributed by atoms with Crippen LogP contribution in [0, 0.1) is 0 Å². The molecular formula is C104H62N10S4. The number of rotatable bonds is 13. The van der Waals surface area contributed by atoms with Crippen molar-refractivity contribution < 1.29 is 0 Å². The van der Waals surface area contributed by atoms with Crippen LogP contribution in [-0.4, -0.2) is 49.8 Å². The van der Waals surface area contributed by atoms with Crippen molar-refractivity contribution >= 4 is 126 Å². The van der Waals surface area contributed by atoms with Crippen molar-refractivity contribution in [1.82, 2.24) is 49.8 Å². The van der Waals surface area contributed by atoms with Gasteiger partial charge in [-0.25, -0.2) is 49.8 Å². The van der Waals surface area contributed by atoms with Crippen LogP contribution in [0.25, 0.3) is 228 Å². The Kier molecular flexibility index (Phi) is 17.8. The van der Waals surface area contributed by atoms with E-state index in [0.29, 0.717) is 40.8 Å². The molecule has 0 aliphatic heterocycles. The van der Waals surface area contributed by atoms with E-state index in [9.17, 15) is 0 Å². The van der Waals surface area contributed by atoms with E-state index >= 15 is 0 Å². The number of hydrogen-bond acceptors (Lipinski definition) is 14. The van der Waals surface area contributed by atoms with Crippen LogP contribution >= 0.6 is 45.3 Å². The van der Waals surface area contributed by atoms with Gasteiger partial charge in [-0.3, -0.25) is 0 Å². The Labute approximate surface area is 693 Å². The maximum Gasteiger partial charge on any atom is 0.164 e. The summed E-state index contributed by atoms with van der Waals surface area (Å²) in [5.41, 5.74) is 20.7. The zero-order valence-corrected chi connectivity index (χ0v) is 66.2.